The van der Waals surface area contributed by atoms with Crippen LogP contribution in [0.15, 0.2) is 59.4 Å². The first-order valence-corrected chi connectivity index (χ1v) is 6.92. The largest absolute Gasteiger partial charge is 0.335 e. The Morgan fingerprint density at radius 3 is 2.55 bits per heavy atom. The highest BCUT2D eigenvalue weighted by Gasteiger charge is 2.14. The van der Waals surface area contributed by atoms with E-state index < -0.39 is 0 Å². The van der Waals surface area contributed by atoms with Crippen LogP contribution in [0, 0.1) is 0 Å². The third-order valence-electron chi connectivity index (χ3n) is 3.65. The molecule has 0 unspecified atom stereocenters. The van der Waals surface area contributed by atoms with E-state index in [0.29, 0.717) is 28.9 Å². The van der Waals surface area contributed by atoms with E-state index in [1.54, 1.807) is 12.1 Å². The summed E-state index contributed by atoms with van der Waals surface area (Å²) in [5.74, 6) is 7.01. The number of fused-ring (bicyclic) bond motifs is 2. The van der Waals surface area contributed by atoms with Gasteiger partial charge < -0.3 is 5.84 Å². The minimum Gasteiger partial charge on any atom is -0.335 e. The molecule has 2 heterocycles. The zero-order valence-corrected chi connectivity index (χ0v) is 11.7. The summed E-state index contributed by atoms with van der Waals surface area (Å²) in [4.78, 5) is 16.9. The van der Waals surface area contributed by atoms with Crippen molar-refractivity contribution < 1.29 is 0 Å². The normalized spacial score (nSPS) is 11.3. The maximum absolute atomic E-state index is 12.5. The summed E-state index contributed by atoms with van der Waals surface area (Å²) in [6, 6.07) is 17.0. The molecule has 108 valence electrons. The molecule has 0 fully saturated rings. The number of hydrogen-bond donors (Lipinski definition) is 1. The zero-order chi connectivity index (χ0) is 15.1. The molecular formula is C16H13N5O. The maximum Gasteiger partial charge on any atom is 0.283 e. The van der Waals surface area contributed by atoms with E-state index in [4.69, 9.17) is 5.84 Å². The van der Waals surface area contributed by atoms with Gasteiger partial charge in [-0.25, -0.2) is 9.66 Å². The molecule has 2 aromatic carbocycles. The van der Waals surface area contributed by atoms with E-state index in [-0.39, 0.29) is 5.56 Å². The van der Waals surface area contributed by atoms with Gasteiger partial charge in [-0.3, -0.25) is 4.79 Å². The molecule has 0 radical (unpaired) electrons. The van der Waals surface area contributed by atoms with E-state index in [1.165, 1.54) is 9.19 Å². The van der Waals surface area contributed by atoms with Crippen LogP contribution in [0.5, 0.6) is 0 Å². The average molecular weight is 291 g/mol. The van der Waals surface area contributed by atoms with Crippen LogP contribution in [-0.4, -0.2) is 19.3 Å². The number of nitrogen functional groups attached to an aromatic ring is 1. The lowest BCUT2D eigenvalue weighted by Crippen LogP contribution is -2.18. The Bertz CT molecular complexity index is 1030. The summed E-state index contributed by atoms with van der Waals surface area (Å²) in [5.41, 5.74) is 1.48. The molecule has 0 aliphatic heterocycles. The number of para-hydroxylation sites is 1. The Morgan fingerprint density at radius 2 is 1.73 bits per heavy atom. The lowest BCUT2D eigenvalue weighted by atomic mass is 10.1. The van der Waals surface area contributed by atoms with Crippen molar-refractivity contribution in [1.29, 1.82) is 0 Å². The number of aromatic nitrogens is 4. The summed E-state index contributed by atoms with van der Waals surface area (Å²) >= 11 is 0. The second-order valence-electron chi connectivity index (χ2n) is 5.09. The van der Waals surface area contributed by atoms with Crippen LogP contribution in [0.3, 0.4) is 0 Å². The Kier molecular flexibility index (Phi) is 2.69. The second-order valence-corrected chi connectivity index (χ2v) is 5.09. The third kappa shape index (κ3) is 1.85. The molecule has 2 aromatic heterocycles. The van der Waals surface area contributed by atoms with Crippen molar-refractivity contribution in [2.45, 2.75) is 6.42 Å². The Hall–Kier alpha value is -3.15. The first-order chi connectivity index (χ1) is 10.7. The second kappa shape index (κ2) is 4.70. The molecule has 0 saturated carbocycles. The van der Waals surface area contributed by atoms with Crippen molar-refractivity contribution >= 4 is 16.7 Å². The number of rotatable bonds is 2. The van der Waals surface area contributed by atoms with Gasteiger partial charge in [0.05, 0.1) is 10.9 Å². The minimum absolute atomic E-state index is 0.209. The smallest absolute Gasteiger partial charge is 0.283 e. The van der Waals surface area contributed by atoms with E-state index in [9.17, 15) is 4.79 Å². The van der Waals surface area contributed by atoms with Gasteiger partial charge >= 0.3 is 0 Å². The van der Waals surface area contributed by atoms with Gasteiger partial charge in [-0.2, -0.15) is 4.52 Å². The molecule has 2 N–H and O–H groups in total. The van der Waals surface area contributed by atoms with Crippen LogP contribution in [0.4, 0.5) is 0 Å². The van der Waals surface area contributed by atoms with Crippen molar-refractivity contribution in [1.82, 2.24) is 19.3 Å². The molecule has 0 aliphatic carbocycles. The topological polar surface area (TPSA) is 78.2 Å². The van der Waals surface area contributed by atoms with E-state index in [1.807, 2.05) is 42.5 Å². The molecule has 0 bridgehead atoms. The van der Waals surface area contributed by atoms with Crippen LogP contribution >= 0.6 is 0 Å². The highest BCUT2D eigenvalue weighted by Crippen LogP contribution is 2.11. The average Bonchev–Trinajstić information content (AvgIpc) is 2.86. The van der Waals surface area contributed by atoms with Gasteiger partial charge in [0, 0.05) is 6.42 Å². The van der Waals surface area contributed by atoms with E-state index >= 15 is 0 Å². The molecule has 22 heavy (non-hydrogen) atoms. The molecule has 0 saturated heterocycles. The van der Waals surface area contributed by atoms with Crippen molar-refractivity contribution in [3.05, 3.63) is 76.3 Å². The highest BCUT2D eigenvalue weighted by atomic mass is 16.1. The molecule has 4 aromatic rings. The SMILES string of the molecule is Nn1c(Cc2ccccc2)nn2c(=O)c3ccccc3nc12. The number of hydrogen-bond acceptors (Lipinski definition) is 4. The van der Waals surface area contributed by atoms with E-state index in [2.05, 4.69) is 10.1 Å². The lowest BCUT2D eigenvalue weighted by Gasteiger charge is -2.01. The van der Waals surface area contributed by atoms with Gasteiger partial charge in [-0.05, 0) is 17.7 Å². The summed E-state index contributed by atoms with van der Waals surface area (Å²) in [7, 11) is 0. The summed E-state index contributed by atoms with van der Waals surface area (Å²) in [6.45, 7) is 0. The molecule has 4 rings (SSSR count). The third-order valence-corrected chi connectivity index (χ3v) is 3.65. The van der Waals surface area contributed by atoms with Crippen LogP contribution in [0.1, 0.15) is 11.4 Å². The van der Waals surface area contributed by atoms with Crippen molar-refractivity contribution in [3.8, 4) is 0 Å². The maximum atomic E-state index is 12.5. The first kappa shape index (κ1) is 12.6. The molecule has 0 aliphatic rings. The Balaban J connectivity index is 1.95. The molecular weight excluding hydrogens is 278 g/mol. The lowest BCUT2D eigenvalue weighted by molar-refractivity contribution is 0.853. The number of benzene rings is 2. The molecule has 0 atom stereocenters. The van der Waals surface area contributed by atoms with Gasteiger partial charge in [0.1, 0.15) is 0 Å². The zero-order valence-electron chi connectivity index (χ0n) is 11.7. The predicted molar refractivity (Wildman–Crippen MR) is 84.2 cm³/mol. The molecule has 6 heteroatoms. The standard InChI is InChI=1S/C16H13N5O/c17-20-14(10-11-6-2-1-3-7-11)19-21-15(22)12-8-4-5-9-13(12)18-16(20)21/h1-9H,10,17H2. The van der Waals surface area contributed by atoms with Gasteiger partial charge in [0.25, 0.3) is 11.3 Å². The molecule has 0 amide bonds. The fourth-order valence-corrected chi connectivity index (χ4v) is 2.54. The Morgan fingerprint density at radius 1 is 1.00 bits per heavy atom. The van der Waals surface area contributed by atoms with E-state index in [0.717, 1.165) is 5.56 Å². The minimum atomic E-state index is -0.209. The van der Waals surface area contributed by atoms with Crippen LogP contribution < -0.4 is 11.4 Å². The van der Waals surface area contributed by atoms with Gasteiger partial charge in [0.15, 0.2) is 5.82 Å². The molecule has 6 nitrogen and oxygen atoms in total. The van der Waals surface area contributed by atoms with Crippen molar-refractivity contribution in [2.24, 2.45) is 0 Å². The number of nitrogens with two attached hydrogens (primary N) is 1. The summed E-state index contributed by atoms with van der Waals surface area (Å²) in [6.07, 6.45) is 0.538. The molecule has 0 spiro atoms. The van der Waals surface area contributed by atoms with Gasteiger partial charge in [0.2, 0.25) is 0 Å². The van der Waals surface area contributed by atoms with Crippen molar-refractivity contribution in [2.75, 3.05) is 5.84 Å². The van der Waals surface area contributed by atoms with Crippen LogP contribution in [0.25, 0.3) is 16.7 Å². The predicted octanol–water partition coefficient (Wildman–Crippen LogP) is 1.35. The van der Waals surface area contributed by atoms with Crippen LogP contribution in [0.2, 0.25) is 0 Å². The quantitative estimate of drug-likeness (QED) is 0.565. The van der Waals surface area contributed by atoms with Crippen LogP contribution in [-0.2, 0) is 6.42 Å². The summed E-state index contributed by atoms with van der Waals surface area (Å²) < 4.78 is 2.64. The number of nitrogens with zero attached hydrogens (tertiary/aromatic N) is 4. The van der Waals surface area contributed by atoms with Crippen molar-refractivity contribution in [3.63, 3.8) is 0 Å². The fourth-order valence-electron chi connectivity index (χ4n) is 2.54. The first-order valence-electron chi connectivity index (χ1n) is 6.92. The van der Waals surface area contributed by atoms with Gasteiger partial charge in [-0.15, -0.1) is 5.10 Å². The monoisotopic (exact) mass is 291 g/mol. The van der Waals surface area contributed by atoms with Gasteiger partial charge in [-0.1, -0.05) is 42.5 Å². The Labute approximate surface area is 125 Å². The fraction of sp³-hybridized carbons (Fsp3) is 0.0625. The summed E-state index contributed by atoms with van der Waals surface area (Å²) in [5, 5.41) is 4.87. The highest BCUT2D eigenvalue weighted by molar-refractivity contribution is 5.78.